The Labute approximate surface area is 231 Å². The minimum atomic E-state index is -1.36. The number of pyridine rings is 1. The quantitative estimate of drug-likeness (QED) is 0.430. The van der Waals surface area contributed by atoms with Crippen molar-refractivity contribution in [3.05, 3.63) is 88.7 Å². The van der Waals surface area contributed by atoms with Gasteiger partial charge in [-0.15, -0.1) is 0 Å². The zero-order chi connectivity index (χ0) is 28.9. The van der Waals surface area contributed by atoms with Crippen molar-refractivity contribution in [3.63, 3.8) is 0 Å². The molecule has 2 amide bonds. The summed E-state index contributed by atoms with van der Waals surface area (Å²) in [6.45, 7) is 8.08. The molecule has 0 unspecified atom stereocenters. The number of hydrogen-bond acceptors (Lipinski definition) is 4. The van der Waals surface area contributed by atoms with Crippen molar-refractivity contribution in [2.45, 2.75) is 46.2 Å². The fraction of sp³-hybridized carbons (Fsp3) is 0.355. The topological polar surface area (TPSA) is 99.6 Å². The summed E-state index contributed by atoms with van der Waals surface area (Å²) in [4.78, 5) is 44.5. The number of likely N-dealkylation sites (tertiary alicyclic amines) is 1. The summed E-state index contributed by atoms with van der Waals surface area (Å²) in [6, 6.07) is 10.7. The molecule has 1 aromatic heterocycles. The lowest BCUT2D eigenvalue weighted by atomic mass is 9.92. The van der Waals surface area contributed by atoms with Crippen LogP contribution in [-0.4, -0.2) is 45.4 Å². The highest BCUT2D eigenvalue weighted by molar-refractivity contribution is 5.97. The number of amides is 2. The van der Waals surface area contributed by atoms with Gasteiger partial charge >= 0.3 is 5.97 Å². The smallest absolute Gasteiger partial charge is 0.305 e. The van der Waals surface area contributed by atoms with Gasteiger partial charge in [0.15, 0.2) is 11.6 Å². The third-order valence-electron chi connectivity index (χ3n) is 8.52. The number of aromatic nitrogens is 1. The van der Waals surface area contributed by atoms with Gasteiger partial charge in [0.1, 0.15) is 11.7 Å². The minimum Gasteiger partial charge on any atom is -0.481 e. The van der Waals surface area contributed by atoms with Gasteiger partial charge in [-0.3, -0.25) is 19.4 Å². The second-order valence-electron chi connectivity index (χ2n) is 11.4. The Kier molecular flexibility index (Phi) is 6.94. The lowest BCUT2D eigenvalue weighted by Crippen LogP contribution is -2.51. The van der Waals surface area contributed by atoms with Crippen molar-refractivity contribution in [3.8, 4) is 11.1 Å². The van der Waals surface area contributed by atoms with E-state index >= 15 is 4.39 Å². The van der Waals surface area contributed by atoms with Crippen LogP contribution in [0.3, 0.4) is 0 Å². The molecular formula is C31H31F2N3O4. The van der Waals surface area contributed by atoms with E-state index in [-0.39, 0.29) is 28.5 Å². The lowest BCUT2D eigenvalue weighted by Gasteiger charge is -2.31. The van der Waals surface area contributed by atoms with Crippen LogP contribution in [0.2, 0.25) is 0 Å². The summed E-state index contributed by atoms with van der Waals surface area (Å²) in [5, 5.41) is 12.3. The molecular weight excluding hydrogens is 516 g/mol. The molecule has 208 valence electrons. The molecule has 9 heteroatoms. The van der Waals surface area contributed by atoms with Crippen molar-refractivity contribution in [1.82, 2.24) is 15.2 Å². The molecule has 7 nitrogen and oxygen atoms in total. The van der Waals surface area contributed by atoms with E-state index < -0.39 is 47.9 Å². The van der Waals surface area contributed by atoms with Gasteiger partial charge in [0.2, 0.25) is 5.91 Å². The van der Waals surface area contributed by atoms with Crippen LogP contribution in [0.25, 0.3) is 11.1 Å². The SMILES string of the molecule is Cc1cccc(C)c1-c1cc(F)c(F)c([C@H](CC(=O)O)NC(=O)[C@@H]2[C@@H]3[C@H](CN2C(=O)c2ccccn2)C3(C)C)c1. The van der Waals surface area contributed by atoms with Gasteiger partial charge in [-0.2, -0.15) is 0 Å². The fourth-order valence-electron chi connectivity index (χ4n) is 6.38. The first-order chi connectivity index (χ1) is 18.9. The number of piperidine rings is 1. The number of nitrogens with zero attached hydrogens (tertiary/aromatic N) is 2. The Hall–Kier alpha value is -4.14. The Balaban J connectivity index is 1.51. The molecule has 2 aliphatic rings. The molecule has 2 aromatic carbocycles. The number of carboxylic acid groups (broad SMARTS) is 1. The average molecular weight is 548 g/mol. The normalized spacial score (nSPS) is 21.4. The van der Waals surface area contributed by atoms with E-state index in [1.165, 1.54) is 17.2 Å². The number of aliphatic carboxylic acids is 1. The van der Waals surface area contributed by atoms with Gasteiger partial charge in [-0.05, 0) is 77.6 Å². The largest absolute Gasteiger partial charge is 0.481 e. The maximum absolute atomic E-state index is 15.3. The first kappa shape index (κ1) is 27.4. The summed E-state index contributed by atoms with van der Waals surface area (Å²) in [6.07, 6.45) is 0.823. The zero-order valence-corrected chi connectivity index (χ0v) is 22.7. The molecule has 2 heterocycles. The number of carboxylic acids is 1. The van der Waals surface area contributed by atoms with E-state index in [1.807, 2.05) is 45.9 Å². The molecule has 0 radical (unpaired) electrons. The number of nitrogens with one attached hydrogen (secondary N) is 1. The number of halogens is 2. The second-order valence-corrected chi connectivity index (χ2v) is 11.4. The van der Waals surface area contributed by atoms with Gasteiger partial charge in [0.05, 0.1) is 12.5 Å². The third kappa shape index (κ3) is 4.74. The lowest BCUT2D eigenvalue weighted by molar-refractivity contribution is -0.138. The highest BCUT2D eigenvalue weighted by atomic mass is 19.2. The van der Waals surface area contributed by atoms with Crippen LogP contribution in [0, 0.1) is 42.7 Å². The number of aryl methyl sites for hydroxylation is 2. The maximum Gasteiger partial charge on any atom is 0.305 e. The predicted molar refractivity (Wildman–Crippen MR) is 144 cm³/mol. The maximum atomic E-state index is 15.3. The Morgan fingerprint density at radius 3 is 2.42 bits per heavy atom. The van der Waals surface area contributed by atoms with Crippen LogP contribution < -0.4 is 5.32 Å². The van der Waals surface area contributed by atoms with E-state index in [9.17, 15) is 23.9 Å². The van der Waals surface area contributed by atoms with Crippen molar-refractivity contribution in [2.75, 3.05) is 6.54 Å². The molecule has 1 saturated heterocycles. The van der Waals surface area contributed by atoms with E-state index in [1.54, 1.807) is 18.2 Å². The van der Waals surface area contributed by atoms with E-state index in [4.69, 9.17) is 0 Å². The van der Waals surface area contributed by atoms with E-state index in [0.29, 0.717) is 17.7 Å². The van der Waals surface area contributed by atoms with Gasteiger partial charge < -0.3 is 15.3 Å². The van der Waals surface area contributed by atoms with Crippen LogP contribution in [0.5, 0.6) is 0 Å². The number of rotatable bonds is 7. The van der Waals surface area contributed by atoms with Crippen LogP contribution in [0.4, 0.5) is 8.78 Å². The molecule has 0 spiro atoms. The summed E-state index contributed by atoms with van der Waals surface area (Å²) in [7, 11) is 0. The Morgan fingerprint density at radius 1 is 1.10 bits per heavy atom. The molecule has 4 atom stereocenters. The molecule has 1 saturated carbocycles. The van der Waals surface area contributed by atoms with Crippen molar-refractivity contribution in [1.29, 1.82) is 0 Å². The minimum absolute atomic E-state index is 0.0791. The van der Waals surface area contributed by atoms with Crippen molar-refractivity contribution >= 4 is 17.8 Å². The van der Waals surface area contributed by atoms with Crippen molar-refractivity contribution < 1.29 is 28.3 Å². The van der Waals surface area contributed by atoms with Crippen LogP contribution in [0.1, 0.15) is 53.5 Å². The molecule has 40 heavy (non-hydrogen) atoms. The average Bonchev–Trinajstić information content (AvgIpc) is 3.22. The van der Waals surface area contributed by atoms with Crippen LogP contribution in [0.15, 0.2) is 54.7 Å². The van der Waals surface area contributed by atoms with E-state index in [0.717, 1.165) is 17.2 Å². The molecule has 2 N–H and O–H groups in total. The molecule has 5 rings (SSSR count). The summed E-state index contributed by atoms with van der Waals surface area (Å²) < 4.78 is 30.2. The second kappa shape index (κ2) is 10.1. The summed E-state index contributed by atoms with van der Waals surface area (Å²) >= 11 is 0. The monoisotopic (exact) mass is 547 g/mol. The third-order valence-corrected chi connectivity index (χ3v) is 8.52. The molecule has 3 aromatic rings. The van der Waals surface area contributed by atoms with Crippen LogP contribution >= 0.6 is 0 Å². The van der Waals surface area contributed by atoms with Gasteiger partial charge in [-0.1, -0.05) is 38.1 Å². The van der Waals surface area contributed by atoms with Gasteiger partial charge in [0, 0.05) is 18.3 Å². The Morgan fingerprint density at radius 2 is 1.80 bits per heavy atom. The fourth-order valence-corrected chi connectivity index (χ4v) is 6.38. The first-order valence-electron chi connectivity index (χ1n) is 13.2. The molecule has 1 aliphatic carbocycles. The molecule has 0 bridgehead atoms. The summed E-state index contributed by atoms with van der Waals surface area (Å²) in [5.74, 6) is -4.75. The molecule has 1 aliphatic heterocycles. The van der Waals surface area contributed by atoms with Gasteiger partial charge in [-0.25, -0.2) is 8.78 Å². The summed E-state index contributed by atoms with van der Waals surface area (Å²) in [5.41, 5.74) is 2.49. The predicted octanol–water partition coefficient (Wildman–Crippen LogP) is 5.07. The van der Waals surface area contributed by atoms with Crippen LogP contribution in [-0.2, 0) is 9.59 Å². The van der Waals surface area contributed by atoms with E-state index in [2.05, 4.69) is 10.3 Å². The standard InChI is InChI=1S/C31H31F2N3O4/c1-16-8-7-9-17(2)25(16)18-12-19(27(33)21(32)13-18)23(14-24(37)38)35-29(39)28-26-20(31(26,3)4)15-36(28)30(40)22-10-5-6-11-34-22/h5-13,20,23,26,28H,14-15H2,1-4H3,(H,35,39)(H,37,38)/t20-,23-,26-,28-/m0/s1. The number of benzene rings is 2. The molecule has 2 fully saturated rings. The number of hydrogen-bond donors (Lipinski definition) is 2. The first-order valence-corrected chi connectivity index (χ1v) is 13.2. The highest BCUT2D eigenvalue weighted by Crippen LogP contribution is 2.65. The number of carbonyl (C=O) groups is 3. The van der Waals surface area contributed by atoms with Gasteiger partial charge in [0.25, 0.3) is 5.91 Å². The number of carbonyl (C=O) groups excluding carboxylic acids is 2. The van der Waals surface area contributed by atoms with Crippen molar-refractivity contribution in [2.24, 2.45) is 17.3 Å². The number of fused-ring (bicyclic) bond motifs is 1. The zero-order valence-electron chi connectivity index (χ0n) is 22.7. The Bertz CT molecular complexity index is 1490. The highest BCUT2D eigenvalue weighted by Gasteiger charge is 2.69.